The molecule has 31 heavy (non-hydrogen) atoms. The molecule has 2 aromatic carbocycles. The van der Waals surface area contributed by atoms with Crippen LogP contribution < -0.4 is 5.56 Å². The van der Waals surface area contributed by atoms with E-state index in [2.05, 4.69) is 26.0 Å². The molecule has 0 amide bonds. The predicted octanol–water partition coefficient (Wildman–Crippen LogP) is 4.51. The lowest BCUT2D eigenvalue weighted by atomic mass is 10.1. The van der Waals surface area contributed by atoms with Crippen molar-refractivity contribution in [2.45, 2.75) is 33.2 Å². The van der Waals surface area contributed by atoms with Crippen LogP contribution in [0.15, 0.2) is 56.8 Å². The first-order chi connectivity index (χ1) is 14.8. The normalized spacial score (nSPS) is 12.8. The van der Waals surface area contributed by atoms with Gasteiger partial charge in [0, 0.05) is 33.1 Å². The Bertz CT molecular complexity index is 1420. The van der Waals surface area contributed by atoms with Crippen molar-refractivity contribution in [2.24, 2.45) is 5.10 Å². The fraction of sp³-hybridized carbons (Fsp3) is 0.217. The summed E-state index contributed by atoms with van der Waals surface area (Å²) >= 11 is 3.40. The molecule has 0 saturated heterocycles. The number of aryl methyl sites for hydroxylation is 1. The van der Waals surface area contributed by atoms with Crippen molar-refractivity contribution in [1.82, 2.24) is 14.2 Å². The number of halogens is 1. The Hall–Kier alpha value is -3.26. The van der Waals surface area contributed by atoms with E-state index in [0.717, 1.165) is 26.6 Å². The molecule has 0 aliphatic carbocycles. The average molecular weight is 481 g/mol. The van der Waals surface area contributed by atoms with Crippen molar-refractivity contribution < 1.29 is 9.90 Å². The van der Waals surface area contributed by atoms with Crippen molar-refractivity contribution in [2.75, 3.05) is 0 Å². The summed E-state index contributed by atoms with van der Waals surface area (Å²) in [7, 11) is 0. The third-order valence-corrected chi connectivity index (χ3v) is 5.94. The second-order valence-electron chi connectivity index (χ2n) is 7.31. The molecular formula is C23H21BrN4O3. The van der Waals surface area contributed by atoms with Crippen LogP contribution in [-0.2, 0) is 11.2 Å². The Kier molecular flexibility index (Phi) is 5.49. The fourth-order valence-electron chi connectivity index (χ4n) is 3.85. The van der Waals surface area contributed by atoms with Crippen LogP contribution in [-0.4, -0.2) is 31.5 Å². The first-order valence-electron chi connectivity index (χ1n) is 9.91. The van der Waals surface area contributed by atoms with E-state index in [1.807, 2.05) is 44.2 Å². The molecule has 4 aromatic rings. The van der Waals surface area contributed by atoms with Crippen LogP contribution in [0.2, 0.25) is 0 Å². The van der Waals surface area contributed by atoms with Gasteiger partial charge in [0.05, 0.1) is 17.1 Å². The molecule has 0 spiro atoms. The minimum atomic E-state index is -0.916. The second kappa shape index (κ2) is 8.11. The number of aromatic nitrogens is 3. The number of para-hydroxylation sites is 1. The smallest absolute Gasteiger partial charge is 0.326 e. The second-order valence-corrected chi connectivity index (χ2v) is 8.22. The number of carbonyl (C=O) groups is 1. The quantitative estimate of drug-likeness (QED) is 0.425. The minimum absolute atomic E-state index is 0.250. The number of rotatable bonds is 5. The van der Waals surface area contributed by atoms with Gasteiger partial charge in [-0.15, -0.1) is 0 Å². The maximum Gasteiger partial charge on any atom is 0.326 e. The highest BCUT2D eigenvalue weighted by Gasteiger charge is 2.21. The molecule has 1 atom stereocenters. The Morgan fingerprint density at radius 2 is 2.00 bits per heavy atom. The standard InChI is InChI=1S/C23H21BrN4O3/c1-4-21-26-19-10-9-15(24)11-17(19)22(29)28(21)25-12-18-13(2)27(14(3)23(30)31)20-8-6-5-7-16(18)20/h5-12,14H,4H2,1-3H3,(H,30,31)/t14-/m0/s1. The molecule has 8 heteroatoms. The highest BCUT2D eigenvalue weighted by atomic mass is 79.9. The number of carboxylic acid groups (broad SMARTS) is 1. The molecule has 0 aliphatic heterocycles. The minimum Gasteiger partial charge on any atom is -0.480 e. The van der Waals surface area contributed by atoms with E-state index >= 15 is 0 Å². The van der Waals surface area contributed by atoms with Crippen molar-refractivity contribution >= 4 is 49.9 Å². The lowest BCUT2D eigenvalue weighted by Crippen LogP contribution is -2.22. The number of nitrogens with zero attached hydrogens (tertiary/aromatic N) is 4. The molecule has 0 radical (unpaired) electrons. The van der Waals surface area contributed by atoms with Crippen LogP contribution in [0.4, 0.5) is 0 Å². The van der Waals surface area contributed by atoms with Crippen LogP contribution in [0, 0.1) is 6.92 Å². The van der Waals surface area contributed by atoms with Crippen LogP contribution in [0.3, 0.4) is 0 Å². The van der Waals surface area contributed by atoms with Gasteiger partial charge in [0.25, 0.3) is 5.56 Å². The Labute approximate surface area is 186 Å². The molecule has 158 valence electrons. The van der Waals surface area contributed by atoms with Gasteiger partial charge in [-0.2, -0.15) is 9.78 Å². The molecule has 0 saturated carbocycles. The number of fused-ring (bicyclic) bond motifs is 2. The summed E-state index contributed by atoms with van der Waals surface area (Å²) < 4.78 is 3.89. The number of aliphatic carboxylic acids is 1. The van der Waals surface area contributed by atoms with Gasteiger partial charge in [0.2, 0.25) is 0 Å². The van der Waals surface area contributed by atoms with E-state index < -0.39 is 12.0 Å². The average Bonchev–Trinajstić information content (AvgIpc) is 3.04. The molecule has 0 bridgehead atoms. The van der Waals surface area contributed by atoms with E-state index in [9.17, 15) is 14.7 Å². The van der Waals surface area contributed by atoms with Gasteiger partial charge >= 0.3 is 5.97 Å². The third-order valence-electron chi connectivity index (χ3n) is 5.44. The third kappa shape index (κ3) is 3.57. The predicted molar refractivity (Wildman–Crippen MR) is 125 cm³/mol. The highest BCUT2D eigenvalue weighted by Crippen LogP contribution is 2.28. The van der Waals surface area contributed by atoms with E-state index in [1.54, 1.807) is 29.8 Å². The SMILES string of the molecule is CCc1nc2ccc(Br)cc2c(=O)n1N=Cc1c(C)n([C@@H](C)C(=O)O)c2ccccc12. The molecule has 2 heterocycles. The first-order valence-corrected chi connectivity index (χ1v) is 10.7. The summed E-state index contributed by atoms with van der Waals surface area (Å²) in [5.74, 6) is -0.363. The summed E-state index contributed by atoms with van der Waals surface area (Å²) in [4.78, 5) is 29.4. The maximum atomic E-state index is 13.1. The van der Waals surface area contributed by atoms with Crippen LogP contribution in [0.1, 0.15) is 37.0 Å². The van der Waals surface area contributed by atoms with Gasteiger partial charge in [-0.3, -0.25) is 4.79 Å². The van der Waals surface area contributed by atoms with Gasteiger partial charge in [0.1, 0.15) is 11.9 Å². The summed E-state index contributed by atoms with van der Waals surface area (Å²) in [6, 6.07) is 12.2. The zero-order chi connectivity index (χ0) is 22.3. The number of benzene rings is 2. The largest absolute Gasteiger partial charge is 0.480 e. The summed E-state index contributed by atoms with van der Waals surface area (Å²) in [5, 5.41) is 15.4. The molecule has 0 aliphatic rings. The van der Waals surface area contributed by atoms with Gasteiger partial charge in [-0.25, -0.2) is 9.78 Å². The maximum absolute atomic E-state index is 13.1. The summed E-state index contributed by atoms with van der Waals surface area (Å²) in [5.41, 5.74) is 2.72. The molecule has 4 rings (SSSR count). The lowest BCUT2D eigenvalue weighted by molar-refractivity contribution is -0.140. The molecule has 0 unspecified atom stereocenters. The van der Waals surface area contributed by atoms with E-state index in [4.69, 9.17) is 0 Å². The van der Waals surface area contributed by atoms with Crippen molar-refractivity contribution in [3.05, 3.63) is 74.4 Å². The number of hydrogen-bond donors (Lipinski definition) is 1. The first kappa shape index (κ1) is 21.0. The number of carboxylic acids is 1. The fourth-order valence-corrected chi connectivity index (χ4v) is 4.21. The van der Waals surface area contributed by atoms with Gasteiger partial charge in [-0.1, -0.05) is 41.1 Å². The zero-order valence-electron chi connectivity index (χ0n) is 17.3. The van der Waals surface area contributed by atoms with Crippen LogP contribution >= 0.6 is 15.9 Å². The topological polar surface area (TPSA) is 89.5 Å². The Morgan fingerprint density at radius 3 is 2.71 bits per heavy atom. The molecular weight excluding hydrogens is 460 g/mol. The summed E-state index contributed by atoms with van der Waals surface area (Å²) in [6.07, 6.45) is 2.16. The lowest BCUT2D eigenvalue weighted by Gasteiger charge is -2.13. The summed E-state index contributed by atoms with van der Waals surface area (Å²) in [6.45, 7) is 5.43. The molecule has 1 N–H and O–H groups in total. The Balaban J connectivity index is 1.93. The molecule has 7 nitrogen and oxygen atoms in total. The monoisotopic (exact) mass is 480 g/mol. The van der Waals surface area contributed by atoms with E-state index in [1.165, 1.54) is 4.68 Å². The van der Waals surface area contributed by atoms with Gasteiger partial charge in [-0.05, 0) is 38.1 Å². The zero-order valence-corrected chi connectivity index (χ0v) is 18.9. The van der Waals surface area contributed by atoms with Crippen molar-refractivity contribution in [3.63, 3.8) is 0 Å². The van der Waals surface area contributed by atoms with Gasteiger partial charge in [0.15, 0.2) is 0 Å². The van der Waals surface area contributed by atoms with Crippen LogP contribution in [0.25, 0.3) is 21.8 Å². The number of hydrogen-bond acceptors (Lipinski definition) is 4. The highest BCUT2D eigenvalue weighted by molar-refractivity contribution is 9.10. The van der Waals surface area contributed by atoms with E-state index in [-0.39, 0.29) is 5.56 Å². The van der Waals surface area contributed by atoms with E-state index in [0.29, 0.717) is 23.1 Å². The molecule has 2 aromatic heterocycles. The van der Waals surface area contributed by atoms with Crippen LogP contribution in [0.5, 0.6) is 0 Å². The van der Waals surface area contributed by atoms with Gasteiger partial charge < -0.3 is 9.67 Å². The van der Waals surface area contributed by atoms with Crippen molar-refractivity contribution in [3.8, 4) is 0 Å². The van der Waals surface area contributed by atoms with Crippen molar-refractivity contribution in [1.29, 1.82) is 0 Å². The molecule has 0 fully saturated rings. The Morgan fingerprint density at radius 1 is 1.26 bits per heavy atom.